The molecule has 8 nitrogen and oxygen atoms in total. The number of carbonyl (C=O) groups is 1. The summed E-state index contributed by atoms with van der Waals surface area (Å²) in [5, 5.41) is 0. The number of carbonyl (C=O) groups excluding carboxylic acids is 1. The van der Waals surface area contributed by atoms with E-state index in [0.717, 1.165) is 18.4 Å². The zero-order chi connectivity index (χ0) is 17.3. The number of H-pyrrole nitrogens is 1. The van der Waals surface area contributed by atoms with E-state index < -0.39 is 0 Å². The summed E-state index contributed by atoms with van der Waals surface area (Å²) < 4.78 is 0. The van der Waals surface area contributed by atoms with Crippen molar-refractivity contribution in [2.45, 2.75) is 25.3 Å². The maximum atomic E-state index is 12.5. The quantitative estimate of drug-likeness (QED) is 0.871. The summed E-state index contributed by atoms with van der Waals surface area (Å²) in [5.41, 5.74) is 0.694. The highest BCUT2D eigenvalue weighted by Gasteiger charge is 2.27. The standard InChI is InChI=1S/C16H20N6O2/c1-21(2)16-17-7-10(8-18-16)9-22(3)15(24)12-6-13(23)20-14(19-12)11-4-5-11/h6-8,11H,4-5,9H2,1-3H3,(H,19,20,23). The third kappa shape index (κ3) is 3.58. The monoisotopic (exact) mass is 328 g/mol. The van der Waals surface area contributed by atoms with Crippen molar-refractivity contribution >= 4 is 11.9 Å². The Morgan fingerprint density at radius 1 is 1.25 bits per heavy atom. The first-order valence-electron chi connectivity index (χ1n) is 7.79. The Morgan fingerprint density at radius 2 is 1.92 bits per heavy atom. The molecule has 1 aliphatic carbocycles. The Balaban J connectivity index is 1.73. The highest BCUT2D eigenvalue weighted by atomic mass is 16.2. The van der Waals surface area contributed by atoms with E-state index in [1.165, 1.54) is 11.0 Å². The van der Waals surface area contributed by atoms with Crippen molar-refractivity contribution in [1.82, 2.24) is 24.8 Å². The lowest BCUT2D eigenvalue weighted by Gasteiger charge is -2.17. The smallest absolute Gasteiger partial charge is 0.272 e. The number of hydrogen-bond acceptors (Lipinski definition) is 6. The summed E-state index contributed by atoms with van der Waals surface area (Å²) in [6.45, 7) is 0.347. The SMILES string of the molecule is CN(Cc1cnc(N(C)C)nc1)C(=O)c1cc(=O)[nH]c(C2CC2)n1. The molecule has 24 heavy (non-hydrogen) atoms. The summed E-state index contributed by atoms with van der Waals surface area (Å²) in [7, 11) is 5.39. The first-order chi connectivity index (χ1) is 11.4. The Labute approximate surface area is 139 Å². The molecule has 1 saturated carbocycles. The highest BCUT2D eigenvalue weighted by molar-refractivity contribution is 5.92. The van der Waals surface area contributed by atoms with Crippen molar-refractivity contribution in [3.63, 3.8) is 0 Å². The van der Waals surface area contributed by atoms with Gasteiger partial charge in [-0.3, -0.25) is 9.59 Å². The molecule has 0 aliphatic heterocycles. The van der Waals surface area contributed by atoms with E-state index in [-0.39, 0.29) is 23.1 Å². The number of hydrogen-bond donors (Lipinski definition) is 1. The van der Waals surface area contributed by atoms with Gasteiger partial charge >= 0.3 is 0 Å². The summed E-state index contributed by atoms with van der Waals surface area (Å²) in [5.74, 6) is 1.21. The van der Waals surface area contributed by atoms with Crippen LogP contribution in [-0.2, 0) is 6.54 Å². The van der Waals surface area contributed by atoms with Gasteiger partial charge in [-0.1, -0.05) is 0 Å². The number of amides is 1. The van der Waals surface area contributed by atoms with Crippen molar-refractivity contribution in [1.29, 1.82) is 0 Å². The average Bonchev–Trinajstić information content (AvgIpc) is 3.39. The molecule has 0 atom stereocenters. The fourth-order valence-electron chi connectivity index (χ4n) is 2.34. The lowest BCUT2D eigenvalue weighted by molar-refractivity contribution is 0.0778. The molecule has 1 N–H and O–H groups in total. The molecule has 8 heteroatoms. The molecule has 3 rings (SSSR count). The molecule has 0 saturated heterocycles. The number of aromatic nitrogens is 4. The van der Waals surface area contributed by atoms with Gasteiger partial charge in [-0.2, -0.15) is 0 Å². The van der Waals surface area contributed by atoms with Gasteiger partial charge in [0.05, 0.1) is 0 Å². The van der Waals surface area contributed by atoms with Gasteiger partial charge in [0.15, 0.2) is 0 Å². The lowest BCUT2D eigenvalue weighted by Crippen LogP contribution is -2.29. The predicted octanol–water partition coefficient (Wildman–Crippen LogP) is 0.775. The van der Waals surface area contributed by atoms with E-state index >= 15 is 0 Å². The predicted molar refractivity (Wildman–Crippen MR) is 89.0 cm³/mol. The van der Waals surface area contributed by atoms with Gasteiger partial charge in [-0.15, -0.1) is 0 Å². The Hall–Kier alpha value is -2.77. The van der Waals surface area contributed by atoms with Crippen LogP contribution in [0.3, 0.4) is 0 Å². The van der Waals surface area contributed by atoms with Crippen LogP contribution in [0.15, 0.2) is 23.3 Å². The molecule has 2 heterocycles. The zero-order valence-corrected chi connectivity index (χ0v) is 14.0. The molecule has 1 aliphatic rings. The molecule has 0 radical (unpaired) electrons. The third-order valence-electron chi connectivity index (χ3n) is 3.80. The molecular formula is C16H20N6O2. The number of nitrogens with zero attached hydrogens (tertiary/aromatic N) is 5. The fraction of sp³-hybridized carbons (Fsp3) is 0.438. The minimum absolute atomic E-state index is 0.175. The molecule has 0 bridgehead atoms. The summed E-state index contributed by atoms with van der Waals surface area (Å²) >= 11 is 0. The number of anilines is 1. The Bertz CT molecular complexity index is 795. The second kappa shape index (κ2) is 6.38. The molecule has 126 valence electrons. The maximum absolute atomic E-state index is 12.5. The van der Waals surface area contributed by atoms with Crippen molar-refractivity contribution in [3.05, 3.63) is 45.9 Å². The van der Waals surface area contributed by atoms with Crippen LogP contribution < -0.4 is 10.5 Å². The van der Waals surface area contributed by atoms with E-state index in [1.54, 1.807) is 24.3 Å². The summed E-state index contributed by atoms with van der Waals surface area (Å²) in [6, 6.07) is 1.25. The van der Waals surface area contributed by atoms with Crippen LogP contribution in [0.4, 0.5) is 5.95 Å². The molecule has 1 amide bonds. The van der Waals surface area contributed by atoms with Gasteiger partial charge in [-0.25, -0.2) is 15.0 Å². The summed E-state index contributed by atoms with van der Waals surface area (Å²) in [4.78, 5) is 43.1. The largest absolute Gasteiger partial charge is 0.347 e. The van der Waals surface area contributed by atoms with E-state index in [2.05, 4.69) is 19.9 Å². The van der Waals surface area contributed by atoms with Crippen molar-refractivity contribution in [2.75, 3.05) is 26.0 Å². The maximum Gasteiger partial charge on any atom is 0.272 e. The van der Waals surface area contributed by atoms with E-state index in [1.807, 2.05) is 14.1 Å². The molecular weight excluding hydrogens is 308 g/mol. The number of aromatic amines is 1. The molecule has 0 spiro atoms. The highest BCUT2D eigenvalue weighted by Crippen LogP contribution is 2.37. The first kappa shape index (κ1) is 16.1. The van der Waals surface area contributed by atoms with E-state index in [4.69, 9.17) is 0 Å². The van der Waals surface area contributed by atoms with Gasteiger partial charge in [-0.05, 0) is 12.8 Å². The Morgan fingerprint density at radius 3 is 2.50 bits per heavy atom. The number of rotatable bonds is 5. The van der Waals surface area contributed by atoms with Crippen LogP contribution in [0.1, 0.15) is 40.6 Å². The van der Waals surface area contributed by atoms with Gasteiger partial charge < -0.3 is 14.8 Å². The van der Waals surface area contributed by atoms with Crippen LogP contribution in [-0.4, -0.2) is 51.9 Å². The minimum Gasteiger partial charge on any atom is -0.347 e. The fourth-order valence-corrected chi connectivity index (χ4v) is 2.34. The third-order valence-corrected chi connectivity index (χ3v) is 3.80. The molecule has 2 aromatic rings. The van der Waals surface area contributed by atoms with Gasteiger partial charge in [0.1, 0.15) is 11.5 Å². The molecule has 2 aromatic heterocycles. The normalized spacial score (nSPS) is 13.6. The van der Waals surface area contributed by atoms with Crippen molar-refractivity contribution < 1.29 is 4.79 Å². The second-order valence-corrected chi connectivity index (χ2v) is 6.24. The topological polar surface area (TPSA) is 95.1 Å². The average molecular weight is 328 g/mol. The van der Waals surface area contributed by atoms with Gasteiger partial charge in [0.2, 0.25) is 5.95 Å². The number of nitrogens with one attached hydrogen (secondary N) is 1. The lowest BCUT2D eigenvalue weighted by atomic mass is 10.2. The first-order valence-corrected chi connectivity index (χ1v) is 7.79. The zero-order valence-electron chi connectivity index (χ0n) is 14.0. The molecule has 0 aromatic carbocycles. The van der Waals surface area contributed by atoms with Crippen LogP contribution in [0.5, 0.6) is 0 Å². The molecule has 1 fully saturated rings. The van der Waals surface area contributed by atoms with Crippen LogP contribution in [0, 0.1) is 0 Å². The van der Waals surface area contributed by atoms with Crippen LogP contribution >= 0.6 is 0 Å². The van der Waals surface area contributed by atoms with Crippen molar-refractivity contribution in [2.24, 2.45) is 0 Å². The Kier molecular flexibility index (Phi) is 4.28. The van der Waals surface area contributed by atoms with Crippen molar-refractivity contribution in [3.8, 4) is 0 Å². The van der Waals surface area contributed by atoms with Crippen LogP contribution in [0.2, 0.25) is 0 Å². The minimum atomic E-state index is -0.292. The van der Waals surface area contributed by atoms with E-state index in [0.29, 0.717) is 18.3 Å². The van der Waals surface area contributed by atoms with E-state index in [9.17, 15) is 9.59 Å². The van der Waals surface area contributed by atoms with Gasteiger partial charge in [0, 0.05) is 57.6 Å². The second-order valence-electron chi connectivity index (χ2n) is 6.24. The molecule has 0 unspecified atom stereocenters. The summed E-state index contributed by atoms with van der Waals surface area (Å²) in [6.07, 6.45) is 5.39. The van der Waals surface area contributed by atoms with Gasteiger partial charge in [0.25, 0.3) is 11.5 Å². The van der Waals surface area contributed by atoms with Crippen LogP contribution in [0.25, 0.3) is 0 Å².